The number of amides is 1. The number of benzene rings is 1. The second kappa shape index (κ2) is 4.62. The van der Waals surface area contributed by atoms with Gasteiger partial charge in [0.25, 0.3) is 5.91 Å². The van der Waals surface area contributed by atoms with E-state index in [4.69, 9.17) is 10.8 Å². The highest BCUT2D eigenvalue weighted by molar-refractivity contribution is 6.01. The number of nitrogen functional groups attached to an aromatic ring is 1. The lowest BCUT2D eigenvalue weighted by molar-refractivity contribution is 0.101. The van der Waals surface area contributed by atoms with Crippen LogP contribution in [0.15, 0.2) is 24.3 Å². The monoisotopic (exact) mass is 233 g/mol. The molecule has 7 heteroatoms. The Morgan fingerprint density at radius 2 is 2.35 bits per heavy atom. The Kier molecular flexibility index (Phi) is 3.01. The van der Waals surface area contributed by atoms with Crippen molar-refractivity contribution in [2.45, 2.75) is 6.61 Å². The maximum absolute atomic E-state index is 11.7. The van der Waals surface area contributed by atoms with E-state index in [1.165, 1.54) is 0 Å². The van der Waals surface area contributed by atoms with E-state index in [-0.39, 0.29) is 18.4 Å². The van der Waals surface area contributed by atoms with Gasteiger partial charge in [-0.05, 0) is 17.7 Å². The van der Waals surface area contributed by atoms with Crippen LogP contribution < -0.4 is 11.1 Å². The molecule has 0 bridgehead atoms. The summed E-state index contributed by atoms with van der Waals surface area (Å²) in [6.45, 7) is -0.0844. The fourth-order valence-corrected chi connectivity index (χ4v) is 1.31. The number of hydrogen-bond donors (Lipinski definition) is 4. The predicted molar refractivity (Wildman–Crippen MR) is 61.1 cm³/mol. The summed E-state index contributed by atoms with van der Waals surface area (Å²) in [6.07, 6.45) is 0. The molecule has 0 aliphatic heterocycles. The molecule has 2 rings (SSSR count). The van der Waals surface area contributed by atoms with Gasteiger partial charge in [-0.3, -0.25) is 9.89 Å². The largest absolute Gasteiger partial charge is 0.392 e. The van der Waals surface area contributed by atoms with Gasteiger partial charge in [-0.2, -0.15) is 4.98 Å². The van der Waals surface area contributed by atoms with Gasteiger partial charge in [0.15, 0.2) is 0 Å². The van der Waals surface area contributed by atoms with Crippen molar-refractivity contribution in [3.8, 4) is 0 Å². The maximum atomic E-state index is 11.7. The van der Waals surface area contributed by atoms with E-state index < -0.39 is 5.91 Å². The maximum Gasteiger partial charge on any atom is 0.293 e. The number of aromatic nitrogens is 3. The molecule has 0 aliphatic rings. The van der Waals surface area contributed by atoms with Crippen LogP contribution in [0.4, 0.5) is 11.6 Å². The Morgan fingerprint density at radius 3 is 3.00 bits per heavy atom. The molecule has 0 unspecified atom stereocenters. The van der Waals surface area contributed by atoms with Crippen molar-refractivity contribution in [1.82, 2.24) is 15.2 Å². The molecule has 0 saturated carbocycles. The molecule has 7 nitrogen and oxygen atoms in total. The number of anilines is 2. The van der Waals surface area contributed by atoms with Gasteiger partial charge >= 0.3 is 0 Å². The third-order valence-electron chi connectivity index (χ3n) is 2.09. The number of nitrogens with one attached hydrogen (secondary N) is 2. The summed E-state index contributed by atoms with van der Waals surface area (Å²) < 4.78 is 0. The van der Waals surface area contributed by atoms with E-state index in [2.05, 4.69) is 20.5 Å². The van der Waals surface area contributed by atoms with E-state index in [1.54, 1.807) is 24.3 Å². The van der Waals surface area contributed by atoms with Gasteiger partial charge in [0.2, 0.25) is 11.8 Å². The van der Waals surface area contributed by atoms with E-state index in [9.17, 15) is 4.79 Å². The molecule has 1 aromatic heterocycles. The van der Waals surface area contributed by atoms with Gasteiger partial charge in [-0.1, -0.05) is 12.1 Å². The van der Waals surface area contributed by atoms with E-state index >= 15 is 0 Å². The van der Waals surface area contributed by atoms with E-state index in [1.807, 2.05) is 0 Å². The van der Waals surface area contributed by atoms with Gasteiger partial charge in [0.1, 0.15) is 0 Å². The van der Waals surface area contributed by atoms with E-state index in [0.717, 1.165) is 0 Å². The Balaban J connectivity index is 2.12. The molecule has 2 aromatic rings. The molecule has 17 heavy (non-hydrogen) atoms. The van der Waals surface area contributed by atoms with Gasteiger partial charge in [-0.25, -0.2) is 0 Å². The smallest absolute Gasteiger partial charge is 0.293 e. The Labute approximate surface area is 96.7 Å². The van der Waals surface area contributed by atoms with Crippen LogP contribution in [0.1, 0.15) is 16.2 Å². The third kappa shape index (κ3) is 2.58. The number of nitrogens with zero attached hydrogens (tertiary/aromatic N) is 2. The summed E-state index contributed by atoms with van der Waals surface area (Å²) in [5.41, 5.74) is 6.56. The average molecular weight is 233 g/mol. The van der Waals surface area contributed by atoms with Crippen molar-refractivity contribution in [2.75, 3.05) is 11.1 Å². The normalized spacial score (nSPS) is 10.2. The number of aromatic amines is 1. The van der Waals surface area contributed by atoms with Crippen LogP contribution in [0.3, 0.4) is 0 Å². The molecule has 0 atom stereocenters. The molecule has 0 spiro atoms. The van der Waals surface area contributed by atoms with Crippen LogP contribution in [0.5, 0.6) is 0 Å². The van der Waals surface area contributed by atoms with Gasteiger partial charge in [0.05, 0.1) is 6.61 Å². The lowest BCUT2D eigenvalue weighted by atomic mass is 10.2. The first-order valence-corrected chi connectivity index (χ1v) is 4.88. The van der Waals surface area contributed by atoms with Gasteiger partial charge in [0, 0.05) is 5.69 Å². The first-order chi connectivity index (χ1) is 8.19. The Bertz CT molecular complexity index is 537. The standard InChI is InChI=1S/C10H11N5O2/c11-10-13-8(14-15-10)9(17)12-7-3-1-2-6(4-7)5-16/h1-4,16H,5H2,(H,12,17)(H3,11,13,14,15). The van der Waals surface area contributed by atoms with Gasteiger partial charge < -0.3 is 16.2 Å². The second-order valence-corrected chi connectivity index (χ2v) is 3.35. The van der Waals surface area contributed by atoms with Crippen LogP contribution in [-0.2, 0) is 6.61 Å². The summed E-state index contributed by atoms with van der Waals surface area (Å²) in [6, 6.07) is 6.85. The topological polar surface area (TPSA) is 117 Å². The van der Waals surface area contributed by atoms with Crippen LogP contribution >= 0.6 is 0 Å². The number of aliphatic hydroxyl groups excluding tert-OH is 1. The van der Waals surface area contributed by atoms with Crippen molar-refractivity contribution in [2.24, 2.45) is 0 Å². The summed E-state index contributed by atoms with van der Waals surface area (Å²) in [5, 5.41) is 17.5. The molecule has 0 radical (unpaired) electrons. The first kappa shape index (κ1) is 11.1. The molecule has 88 valence electrons. The van der Waals surface area contributed by atoms with Gasteiger partial charge in [-0.15, -0.1) is 5.10 Å². The highest BCUT2D eigenvalue weighted by atomic mass is 16.3. The van der Waals surface area contributed by atoms with Crippen LogP contribution in [0, 0.1) is 0 Å². The minimum absolute atomic E-state index is 0.0132. The number of carbonyl (C=O) groups is 1. The van der Waals surface area contributed by atoms with Crippen LogP contribution in [0.2, 0.25) is 0 Å². The lowest BCUT2D eigenvalue weighted by Crippen LogP contribution is -2.14. The highest BCUT2D eigenvalue weighted by Crippen LogP contribution is 2.11. The molecular weight excluding hydrogens is 222 g/mol. The molecule has 1 aromatic carbocycles. The number of nitrogens with two attached hydrogens (primary N) is 1. The van der Waals surface area contributed by atoms with Crippen LogP contribution in [0.25, 0.3) is 0 Å². The second-order valence-electron chi connectivity index (χ2n) is 3.35. The lowest BCUT2D eigenvalue weighted by Gasteiger charge is -2.04. The van der Waals surface area contributed by atoms with E-state index in [0.29, 0.717) is 11.3 Å². The number of rotatable bonds is 3. The fourth-order valence-electron chi connectivity index (χ4n) is 1.31. The summed E-state index contributed by atoms with van der Waals surface area (Å²) in [7, 11) is 0. The van der Waals surface area contributed by atoms with Crippen molar-refractivity contribution in [3.05, 3.63) is 35.7 Å². The minimum atomic E-state index is -0.440. The molecule has 1 heterocycles. The van der Waals surface area contributed by atoms with Crippen molar-refractivity contribution in [1.29, 1.82) is 0 Å². The minimum Gasteiger partial charge on any atom is -0.392 e. The zero-order valence-corrected chi connectivity index (χ0v) is 8.84. The molecule has 1 amide bonds. The molecular formula is C10H11N5O2. The fraction of sp³-hybridized carbons (Fsp3) is 0.100. The zero-order valence-electron chi connectivity index (χ0n) is 8.84. The number of carbonyl (C=O) groups excluding carboxylic acids is 1. The molecule has 5 N–H and O–H groups in total. The van der Waals surface area contributed by atoms with Crippen molar-refractivity contribution < 1.29 is 9.90 Å². The third-order valence-corrected chi connectivity index (χ3v) is 2.09. The quantitative estimate of drug-likeness (QED) is 0.601. The summed E-state index contributed by atoms with van der Waals surface area (Å²) >= 11 is 0. The molecule has 0 aliphatic carbocycles. The molecule has 0 fully saturated rings. The Hall–Kier alpha value is -2.41. The van der Waals surface area contributed by atoms with Crippen molar-refractivity contribution >= 4 is 17.5 Å². The number of aliphatic hydroxyl groups is 1. The summed E-state index contributed by atoms with van der Waals surface area (Å²) in [4.78, 5) is 15.4. The molecule has 0 saturated heterocycles. The van der Waals surface area contributed by atoms with Crippen LogP contribution in [-0.4, -0.2) is 26.2 Å². The Morgan fingerprint density at radius 1 is 1.53 bits per heavy atom. The number of hydrogen-bond acceptors (Lipinski definition) is 5. The highest BCUT2D eigenvalue weighted by Gasteiger charge is 2.10. The summed E-state index contributed by atoms with van der Waals surface area (Å²) in [5.74, 6) is -0.388. The van der Waals surface area contributed by atoms with Crippen molar-refractivity contribution in [3.63, 3.8) is 0 Å². The predicted octanol–water partition coefficient (Wildman–Crippen LogP) is 0.131. The average Bonchev–Trinajstić information content (AvgIpc) is 2.76. The first-order valence-electron chi connectivity index (χ1n) is 4.88. The zero-order chi connectivity index (χ0) is 12.3. The SMILES string of the molecule is Nc1n[nH]c(C(=O)Nc2cccc(CO)c2)n1. The number of H-pyrrole nitrogens is 1.